The molecule has 0 aliphatic rings. The summed E-state index contributed by atoms with van der Waals surface area (Å²) in [5, 5.41) is 18.1. The number of aliphatic carboxylic acids is 1. The lowest BCUT2D eigenvalue weighted by Crippen LogP contribution is -2.10. The summed E-state index contributed by atoms with van der Waals surface area (Å²) >= 11 is 6.12. The average molecular weight is 362 g/mol. The minimum atomic E-state index is -1.16. The van der Waals surface area contributed by atoms with Crippen LogP contribution in [0.3, 0.4) is 0 Å². The van der Waals surface area contributed by atoms with Gasteiger partial charge < -0.3 is 14.6 Å². The summed E-state index contributed by atoms with van der Waals surface area (Å²) in [4.78, 5) is 10.6. The minimum Gasteiger partial charge on any atom is -0.493 e. The molecular weight excluding hydrogens is 349 g/mol. The number of carbonyl (C=O) groups is 1. The van der Waals surface area contributed by atoms with Crippen molar-refractivity contribution in [2.75, 3.05) is 13.7 Å². The molecule has 7 heteroatoms. The van der Waals surface area contributed by atoms with E-state index in [1.165, 1.54) is 43.5 Å². The van der Waals surface area contributed by atoms with Crippen LogP contribution >= 0.6 is 11.6 Å². The maximum Gasteiger partial charge on any atom is 0.341 e. The van der Waals surface area contributed by atoms with Crippen molar-refractivity contribution in [2.45, 2.75) is 0 Å². The average Bonchev–Trinajstić information content (AvgIpc) is 2.58. The third-order valence-corrected chi connectivity index (χ3v) is 3.47. The van der Waals surface area contributed by atoms with Gasteiger partial charge in [0, 0.05) is 5.56 Å². The second-order valence-corrected chi connectivity index (χ2v) is 5.27. The van der Waals surface area contributed by atoms with Gasteiger partial charge in [-0.2, -0.15) is 5.26 Å². The van der Waals surface area contributed by atoms with Crippen molar-refractivity contribution in [1.29, 1.82) is 5.26 Å². The second kappa shape index (κ2) is 8.18. The lowest BCUT2D eigenvalue weighted by atomic mass is 10.0. The predicted molar refractivity (Wildman–Crippen MR) is 91.0 cm³/mol. The van der Waals surface area contributed by atoms with Gasteiger partial charge in [0.05, 0.1) is 23.8 Å². The molecule has 25 heavy (non-hydrogen) atoms. The fraction of sp³-hybridized carbons (Fsp3) is 0.111. The zero-order chi connectivity index (χ0) is 18.4. The van der Waals surface area contributed by atoms with E-state index in [-0.39, 0.29) is 27.7 Å². The number of hydrogen-bond acceptors (Lipinski definition) is 4. The van der Waals surface area contributed by atoms with E-state index in [0.29, 0.717) is 5.56 Å². The SMILES string of the molecule is COc1cc(/C=C(/C#N)c2ccccc2F)cc(Cl)c1OCC(=O)O. The number of ether oxygens (including phenoxy) is 2. The van der Waals surface area contributed by atoms with Crippen molar-refractivity contribution in [2.24, 2.45) is 0 Å². The maximum atomic E-state index is 13.9. The highest BCUT2D eigenvalue weighted by Gasteiger charge is 2.14. The number of methoxy groups -OCH3 is 1. The number of allylic oxidation sites excluding steroid dienone is 1. The molecular formula is C18H13ClFNO4. The first-order valence-electron chi connectivity index (χ1n) is 7.05. The Morgan fingerprint density at radius 3 is 2.72 bits per heavy atom. The number of nitriles is 1. The molecule has 1 N–H and O–H groups in total. The summed E-state index contributed by atoms with van der Waals surface area (Å²) < 4.78 is 24.1. The molecule has 0 aliphatic carbocycles. The third kappa shape index (κ3) is 4.49. The molecule has 2 rings (SSSR count). The van der Waals surface area contributed by atoms with Gasteiger partial charge in [-0.1, -0.05) is 29.8 Å². The number of rotatable bonds is 6. The lowest BCUT2D eigenvalue weighted by Gasteiger charge is -2.12. The monoisotopic (exact) mass is 361 g/mol. The van der Waals surface area contributed by atoms with E-state index in [4.69, 9.17) is 26.2 Å². The molecule has 0 radical (unpaired) electrons. The highest BCUT2D eigenvalue weighted by molar-refractivity contribution is 6.32. The molecule has 128 valence electrons. The Hall–Kier alpha value is -3.04. The van der Waals surface area contributed by atoms with Gasteiger partial charge in [0.15, 0.2) is 18.1 Å². The first kappa shape index (κ1) is 18.3. The Morgan fingerprint density at radius 2 is 2.12 bits per heavy atom. The van der Waals surface area contributed by atoms with Crippen LogP contribution in [0, 0.1) is 17.1 Å². The molecule has 0 amide bonds. The summed E-state index contributed by atoms with van der Waals surface area (Å²) in [6, 6.07) is 10.8. The van der Waals surface area contributed by atoms with E-state index in [1.807, 2.05) is 6.07 Å². The summed E-state index contributed by atoms with van der Waals surface area (Å²) in [7, 11) is 1.37. The molecule has 0 bridgehead atoms. The summed E-state index contributed by atoms with van der Waals surface area (Å²) in [5.41, 5.74) is 0.742. The molecule has 0 heterocycles. The largest absolute Gasteiger partial charge is 0.493 e. The number of nitrogens with zero attached hydrogens (tertiary/aromatic N) is 1. The van der Waals surface area contributed by atoms with Gasteiger partial charge in [-0.15, -0.1) is 0 Å². The first-order chi connectivity index (χ1) is 12.0. The molecule has 0 aromatic heterocycles. The molecule has 0 saturated carbocycles. The number of benzene rings is 2. The number of halogens is 2. The number of carboxylic acids is 1. The Kier molecular flexibility index (Phi) is 5.98. The van der Waals surface area contributed by atoms with Crippen LogP contribution in [0.1, 0.15) is 11.1 Å². The highest BCUT2D eigenvalue weighted by atomic mass is 35.5. The molecule has 0 saturated heterocycles. The van der Waals surface area contributed by atoms with Crippen LogP contribution in [0.15, 0.2) is 36.4 Å². The van der Waals surface area contributed by atoms with Crippen molar-refractivity contribution < 1.29 is 23.8 Å². The van der Waals surface area contributed by atoms with E-state index >= 15 is 0 Å². The molecule has 0 atom stereocenters. The Bertz CT molecular complexity index is 874. The zero-order valence-electron chi connectivity index (χ0n) is 13.1. The molecule has 0 aliphatic heterocycles. The van der Waals surface area contributed by atoms with Gasteiger partial charge in [-0.05, 0) is 29.8 Å². The summed E-state index contributed by atoms with van der Waals surface area (Å²) in [5.74, 6) is -1.40. The van der Waals surface area contributed by atoms with Crippen molar-refractivity contribution in [3.8, 4) is 17.6 Å². The molecule has 5 nitrogen and oxygen atoms in total. The van der Waals surface area contributed by atoms with Gasteiger partial charge in [-0.3, -0.25) is 0 Å². The fourth-order valence-corrected chi connectivity index (χ4v) is 2.39. The van der Waals surface area contributed by atoms with Crippen LogP contribution < -0.4 is 9.47 Å². The molecule has 2 aromatic rings. The second-order valence-electron chi connectivity index (χ2n) is 4.87. The summed E-state index contributed by atoms with van der Waals surface area (Å²) in [6.45, 7) is -0.579. The van der Waals surface area contributed by atoms with E-state index in [0.717, 1.165) is 0 Å². The number of hydrogen-bond donors (Lipinski definition) is 1. The quantitative estimate of drug-likeness (QED) is 0.621. The van der Waals surface area contributed by atoms with Gasteiger partial charge in [-0.25, -0.2) is 9.18 Å². The third-order valence-electron chi connectivity index (χ3n) is 3.19. The van der Waals surface area contributed by atoms with Crippen LogP contribution in [0.25, 0.3) is 11.6 Å². The lowest BCUT2D eigenvalue weighted by molar-refractivity contribution is -0.139. The smallest absolute Gasteiger partial charge is 0.341 e. The van der Waals surface area contributed by atoms with Crippen LogP contribution in [0.4, 0.5) is 4.39 Å². The Balaban J connectivity index is 2.46. The van der Waals surface area contributed by atoms with Crippen molar-refractivity contribution in [3.63, 3.8) is 0 Å². The molecule has 0 fully saturated rings. The van der Waals surface area contributed by atoms with E-state index in [1.54, 1.807) is 6.07 Å². The fourth-order valence-electron chi connectivity index (χ4n) is 2.11. The Morgan fingerprint density at radius 1 is 1.40 bits per heavy atom. The standard InChI is InChI=1S/C18H13ClFNO4/c1-24-16-8-11(7-14(19)18(16)25-10-17(22)23)6-12(9-21)13-4-2-3-5-15(13)20/h2-8H,10H2,1H3,(H,22,23)/b12-6-. The molecule has 2 aromatic carbocycles. The first-order valence-corrected chi connectivity index (χ1v) is 7.43. The Labute approximate surface area is 148 Å². The van der Waals surface area contributed by atoms with Gasteiger partial charge >= 0.3 is 5.97 Å². The van der Waals surface area contributed by atoms with Crippen molar-refractivity contribution in [3.05, 3.63) is 58.4 Å². The van der Waals surface area contributed by atoms with Crippen LogP contribution in [-0.4, -0.2) is 24.8 Å². The molecule has 0 unspecified atom stereocenters. The van der Waals surface area contributed by atoms with Crippen molar-refractivity contribution in [1.82, 2.24) is 0 Å². The van der Waals surface area contributed by atoms with Crippen molar-refractivity contribution >= 4 is 29.2 Å². The van der Waals surface area contributed by atoms with Gasteiger partial charge in [0.25, 0.3) is 0 Å². The van der Waals surface area contributed by atoms with Gasteiger partial charge in [0.2, 0.25) is 0 Å². The minimum absolute atomic E-state index is 0.0770. The van der Waals surface area contributed by atoms with E-state index in [9.17, 15) is 14.4 Å². The summed E-state index contributed by atoms with van der Waals surface area (Å²) in [6.07, 6.45) is 1.45. The van der Waals surface area contributed by atoms with E-state index < -0.39 is 18.4 Å². The predicted octanol–water partition coefficient (Wildman–Crippen LogP) is 4.02. The topological polar surface area (TPSA) is 79.5 Å². The maximum absolute atomic E-state index is 13.9. The van der Waals surface area contributed by atoms with E-state index in [2.05, 4.69) is 0 Å². The van der Waals surface area contributed by atoms with Crippen LogP contribution in [-0.2, 0) is 4.79 Å². The molecule has 0 spiro atoms. The normalized spacial score (nSPS) is 10.9. The van der Waals surface area contributed by atoms with Crippen LogP contribution in [0.5, 0.6) is 11.5 Å². The van der Waals surface area contributed by atoms with Crippen LogP contribution in [0.2, 0.25) is 5.02 Å². The highest BCUT2D eigenvalue weighted by Crippen LogP contribution is 2.37. The van der Waals surface area contributed by atoms with Gasteiger partial charge in [0.1, 0.15) is 5.82 Å². The zero-order valence-corrected chi connectivity index (χ0v) is 13.9. The number of carboxylic acid groups (broad SMARTS) is 1.